The molecule has 0 spiro atoms. The van der Waals surface area contributed by atoms with Gasteiger partial charge >= 0.3 is 0 Å². The molecule has 0 rings (SSSR count). The van der Waals surface area contributed by atoms with Gasteiger partial charge in [-0.15, -0.1) is 0 Å². The van der Waals surface area contributed by atoms with Gasteiger partial charge in [0.1, 0.15) is 0 Å². The van der Waals surface area contributed by atoms with Crippen molar-refractivity contribution < 1.29 is 19.2 Å². The zero-order chi connectivity index (χ0) is 10.8. The molecule has 0 aromatic heterocycles. The summed E-state index contributed by atoms with van der Waals surface area (Å²) in [6.07, 6.45) is 2.00. The van der Waals surface area contributed by atoms with Crippen LogP contribution in [0.15, 0.2) is 0 Å². The van der Waals surface area contributed by atoms with E-state index in [9.17, 15) is 0 Å². The largest absolute Gasteiger partial charge is 0.724 e. The molecule has 4 radical (unpaired) electrons. The fourth-order valence-corrected chi connectivity index (χ4v) is 0. The van der Waals surface area contributed by atoms with Gasteiger partial charge in [0.25, 0.3) is 0 Å². The summed E-state index contributed by atoms with van der Waals surface area (Å²) in [5.41, 5.74) is 0. The summed E-state index contributed by atoms with van der Waals surface area (Å²) in [6.45, 7) is 0. The second-order valence-corrected chi connectivity index (χ2v) is 0.365. The van der Waals surface area contributed by atoms with E-state index in [1.165, 1.54) is 0 Å². The van der Waals surface area contributed by atoms with Crippen molar-refractivity contribution in [1.29, 1.82) is 0 Å². The molecular formula is C4N4O4Pb-4. The van der Waals surface area contributed by atoms with E-state index in [0.717, 1.165) is 0 Å². The van der Waals surface area contributed by atoms with Crippen LogP contribution in [0.5, 0.6) is 0 Å². The number of carbonyl (C=O) groups excluding carboxylic acids is 4. The maximum atomic E-state index is 8.24. The van der Waals surface area contributed by atoms with E-state index < -0.39 is 0 Å². The van der Waals surface area contributed by atoms with Gasteiger partial charge in [-0.05, 0) is 24.3 Å². The predicted octanol–water partition coefficient (Wildman–Crippen LogP) is -0.814. The summed E-state index contributed by atoms with van der Waals surface area (Å²) < 4.78 is 0. The van der Waals surface area contributed by atoms with E-state index in [0.29, 0.717) is 24.3 Å². The Kier molecular flexibility index (Phi) is 361. The monoisotopic (exact) mass is 376 g/mol. The summed E-state index contributed by atoms with van der Waals surface area (Å²) >= 11 is 0. The molecule has 0 amide bonds. The molecular weight excluding hydrogens is 375 g/mol. The topological polar surface area (TPSA) is 157 Å². The fourth-order valence-electron chi connectivity index (χ4n) is 0. The number of rotatable bonds is 0. The van der Waals surface area contributed by atoms with Gasteiger partial charge in [-0.25, -0.2) is 0 Å². The zero-order valence-corrected chi connectivity index (χ0v) is 9.81. The van der Waals surface area contributed by atoms with Gasteiger partial charge in [0.05, 0.1) is 0 Å². The van der Waals surface area contributed by atoms with Crippen molar-refractivity contribution in [3.63, 3.8) is 0 Å². The SMILES string of the molecule is [N-]=C=O.[N-]=C=O.[N-]=C=O.[N-]=C=O.[Pb]. The van der Waals surface area contributed by atoms with Crippen LogP contribution in [0.4, 0.5) is 0 Å². The van der Waals surface area contributed by atoms with Crippen LogP contribution in [-0.4, -0.2) is 51.6 Å². The van der Waals surface area contributed by atoms with Gasteiger partial charge in [-0.2, -0.15) is 0 Å². The van der Waals surface area contributed by atoms with Crippen molar-refractivity contribution in [2.75, 3.05) is 0 Å². The zero-order valence-electron chi connectivity index (χ0n) is 5.92. The Bertz CT molecular complexity index is 156. The Morgan fingerprint density at radius 1 is 0.538 bits per heavy atom. The predicted molar refractivity (Wildman–Crippen MR) is 42.0 cm³/mol. The molecule has 0 fully saturated rings. The van der Waals surface area contributed by atoms with Crippen LogP contribution in [0.2, 0.25) is 0 Å². The average Bonchev–Trinajstić information content (AvgIpc) is 1.92. The minimum absolute atomic E-state index is 0. The third-order valence-electron chi connectivity index (χ3n) is 0. The standard InChI is InChI=1S/4CNO.Pb/c4*2-1-3;/q4*-1;. The Balaban J connectivity index is -0.0000000213. The Labute approximate surface area is 92.5 Å². The first-order chi connectivity index (χ1) is 5.66. The third-order valence-corrected chi connectivity index (χ3v) is 0. The Morgan fingerprint density at radius 3 is 0.538 bits per heavy atom. The van der Waals surface area contributed by atoms with Gasteiger partial charge < -0.3 is 21.6 Å². The maximum Gasteiger partial charge on any atom is 0 e. The molecule has 0 unspecified atom stereocenters. The molecule has 13 heavy (non-hydrogen) atoms. The van der Waals surface area contributed by atoms with Crippen molar-refractivity contribution in [3.05, 3.63) is 21.6 Å². The van der Waals surface area contributed by atoms with Gasteiger partial charge in [0.2, 0.25) is 0 Å². The van der Waals surface area contributed by atoms with E-state index in [4.69, 9.17) is 40.8 Å². The molecule has 8 nitrogen and oxygen atoms in total. The smallest absolute Gasteiger partial charge is 0 e. The summed E-state index contributed by atoms with van der Waals surface area (Å²) in [4.78, 5) is 32.9. The number of nitrogens with zero attached hydrogens (tertiary/aromatic N) is 4. The number of hydrogen-bond donors (Lipinski definition) is 0. The molecule has 0 aliphatic heterocycles. The van der Waals surface area contributed by atoms with Crippen LogP contribution >= 0.6 is 0 Å². The molecule has 0 heterocycles. The molecule has 0 N–H and O–H groups in total. The summed E-state index contributed by atoms with van der Waals surface area (Å²) in [6, 6.07) is 0. The molecule has 0 aromatic rings. The van der Waals surface area contributed by atoms with Crippen molar-refractivity contribution in [1.82, 2.24) is 0 Å². The Morgan fingerprint density at radius 2 is 0.538 bits per heavy atom. The van der Waals surface area contributed by atoms with Gasteiger partial charge in [-0.1, -0.05) is 0 Å². The van der Waals surface area contributed by atoms with E-state index in [2.05, 4.69) is 0 Å². The Hall–Kier alpha value is -1.56. The first-order valence-corrected chi connectivity index (χ1v) is 1.71. The molecule has 0 saturated carbocycles. The van der Waals surface area contributed by atoms with Crippen molar-refractivity contribution >= 4 is 51.6 Å². The van der Waals surface area contributed by atoms with Crippen LogP contribution < -0.4 is 0 Å². The summed E-state index contributed by atoms with van der Waals surface area (Å²) in [7, 11) is 0. The summed E-state index contributed by atoms with van der Waals surface area (Å²) in [5.74, 6) is 0. The van der Waals surface area contributed by atoms with Crippen LogP contribution in [0, 0.1) is 0 Å². The van der Waals surface area contributed by atoms with E-state index in [1.54, 1.807) is 0 Å². The molecule has 0 aliphatic carbocycles. The summed E-state index contributed by atoms with van der Waals surface area (Å²) in [5, 5.41) is 27.1. The van der Waals surface area contributed by atoms with Crippen LogP contribution in [0.25, 0.3) is 21.6 Å². The normalized spacial score (nSPS) is 2.46. The van der Waals surface area contributed by atoms with Crippen LogP contribution in [0.3, 0.4) is 0 Å². The van der Waals surface area contributed by atoms with Gasteiger partial charge in [-0.3, -0.25) is 19.2 Å². The van der Waals surface area contributed by atoms with Crippen LogP contribution in [-0.2, 0) is 19.2 Å². The van der Waals surface area contributed by atoms with Crippen molar-refractivity contribution in [2.24, 2.45) is 0 Å². The molecule has 9 heteroatoms. The van der Waals surface area contributed by atoms with Crippen LogP contribution in [0.1, 0.15) is 0 Å². The first kappa shape index (κ1) is 30.1. The van der Waals surface area contributed by atoms with E-state index in [1.807, 2.05) is 0 Å². The second-order valence-electron chi connectivity index (χ2n) is 0.365. The van der Waals surface area contributed by atoms with E-state index >= 15 is 0 Å². The molecule has 68 valence electrons. The molecule has 0 aliphatic rings. The van der Waals surface area contributed by atoms with Crippen molar-refractivity contribution in [2.45, 2.75) is 0 Å². The fraction of sp³-hybridized carbons (Fsp3) is 0. The van der Waals surface area contributed by atoms with E-state index in [-0.39, 0.29) is 27.3 Å². The maximum absolute atomic E-state index is 8.24. The second kappa shape index (κ2) is 156. The molecule has 0 saturated heterocycles. The van der Waals surface area contributed by atoms with Gasteiger partial charge in [0.15, 0.2) is 0 Å². The minimum Gasteiger partial charge on any atom is -0.724 e. The quantitative estimate of drug-likeness (QED) is 0.308. The first-order valence-electron chi connectivity index (χ1n) is 1.71. The molecule has 0 aromatic carbocycles. The molecule has 0 bridgehead atoms. The number of hydrogen-bond acceptors (Lipinski definition) is 4. The van der Waals surface area contributed by atoms with Gasteiger partial charge in [0, 0.05) is 27.3 Å². The third kappa shape index (κ3) is 307. The average molecular weight is 375 g/mol. The van der Waals surface area contributed by atoms with Crippen molar-refractivity contribution in [3.8, 4) is 0 Å². The molecule has 0 atom stereocenters. The number of isocyanates is 4. The minimum atomic E-state index is 0.